The molecule has 0 aromatic heterocycles. The Kier molecular flexibility index (Phi) is 7.05. The minimum atomic E-state index is -0.366. The van der Waals surface area contributed by atoms with Crippen molar-refractivity contribution in [1.29, 1.82) is 0 Å². The Hall–Kier alpha value is -1.21. The zero-order valence-electron chi connectivity index (χ0n) is 12.8. The summed E-state index contributed by atoms with van der Waals surface area (Å²) in [7, 11) is -0.366. The molecule has 0 fully saturated rings. The van der Waals surface area contributed by atoms with E-state index in [1.54, 1.807) is 0 Å². The average molecular weight is 335 g/mol. The standard InChI is InChI=1S/C18H21ClNOP/c1-14(13-16-6-10-18(22-21)11-7-16)20-12-2-3-15-4-8-17(19)9-5-15/h4-11,14,20H,2-3,12-13H2,1H3/p+1. The van der Waals surface area contributed by atoms with Gasteiger partial charge in [0.2, 0.25) is 0 Å². The van der Waals surface area contributed by atoms with Crippen LogP contribution in [0, 0.1) is 0 Å². The van der Waals surface area contributed by atoms with Crippen molar-refractivity contribution in [3.63, 3.8) is 0 Å². The summed E-state index contributed by atoms with van der Waals surface area (Å²) in [6, 6.07) is 16.5. The minimum absolute atomic E-state index is 0.366. The van der Waals surface area contributed by atoms with Crippen molar-refractivity contribution in [1.82, 2.24) is 5.32 Å². The Morgan fingerprint density at radius 2 is 1.68 bits per heavy atom. The summed E-state index contributed by atoms with van der Waals surface area (Å²) in [6.45, 7) is 3.20. The van der Waals surface area contributed by atoms with Crippen LogP contribution in [0.5, 0.6) is 0 Å². The second kappa shape index (κ2) is 9.05. The number of rotatable bonds is 8. The highest BCUT2D eigenvalue weighted by atomic mass is 35.5. The Morgan fingerprint density at radius 1 is 1.05 bits per heavy atom. The average Bonchev–Trinajstić information content (AvgIpc) is 2.54. The largest absolute Gasteiger partial charge is 0.363 e. The molecule has 2 aromatic carbocycles. The molecule has 2 rings (SSSR count). The highest BCUT2D eigenvalue weighted by Gasteiger charge is 2.05. The summed E-state index contributed by atoms with van der Waals surface area (Å²) < 4.78 is 10.8. The lowest BCUT2D eigenvalue weighted by Gasteiger charge is -2.13. The summed E-state index contributed by atoms with van der Waals surface area (Å²) in [4.78, 5) is 0. The van der Waals surface area contributed by atoms with E-state index in [1.807, 2.05) is 24.3 Å². The van der Waals surface area contributed by atoms with Gasteiger partial charge < -0.3 is 5.32 Å². The second-order valence-corrected chi connectivity index (χ2v) is 6.81. The molecule has 2 nitrogen and oxygen atoms in total. The van der Waals surface area contributed by atoms with Gasteiger partial charge in [-0.05, 0) is 68.1 Å². The third-order valence-electron chi connectivity index (χ3n) is 3.66. The molecule has 0 heterocycles. The van der Waals surface area contributed by atoms with Crippen LogP contribution in [-0.4, -0.2) is 12.6 Å². The van der Waals surface area contributed by atoms with Crippen molar-refractivity contribution in [2.24, 2.45) is 0 Å². The molecule has 116 valence electrons. The first kappa shape index (κ1) is 17.1. The van der Waals surface area contributed by atoms with Crippen molar-refractivity contribution in [2.75, 3.05) is 6.54 Å². The maximum atomic E-state index is 10.8. The molecule has 0 bridgehead atoms. The van der Waals surface area contributed by atoms with E-state index in [1.165, 1.54) is 11.1 Å². The number of halogens is 1. The normalized spacial score (nSPS) is 12.5. The van der Waals surface area contributed by atoms with Gasteiger partial charge in [0.25, 0.3) is 0 Å². The Morgan fingerprint density at radius 3 is 2.32 bits per heavy atom. The quantitative estimate of drug-likeness (QED) is 0.580. The van der Waals surface area contributed by atoms with Crippen molar-refractivity contribution in [3.8, 4) is 0 Å². The van der Waals surface area contributed by atoms with Crippen molar-refractivity contribution < 1.29 is 4.57 Å². The molecule has 0 spiro atoms. The van der Waals surface area contributed by atoms with Crippen LogP contribution in [0.1, 0.15) is 24.5 Å². The molecule has 0 amide bonds. The van der Waals surface area contributed by atoms with E-state index >= 15 is 0 Å². The summed E-state index contributed by atoms with van der Waals surface area (Å²) in [5.74, 6) is 0. The summed E-state index contributed by atoms with van der Waals surface area (Å²) in [5.41, 5.74) is 2.60. The molecule has 22 heavy (non-hydrogen) atoms. The van der Waals surface area contributed by atoms with Gasteiger partial charge in [-0.1, -0.05) is 40.4 Å². The van der Waals surface area contributed by atoms with Gasteiger partial charge in [-0.15, -0.1) is 0 Å². The van der Waals surface area contributed by atoms with Gasteiger partial charge >= 0.3 is 8.46 Å². The van der Waals surface area contributed by atoms with Crippen LogP contribution >= 0.6 is 20.1 Å². The Labute approximate surface area is 139 Å². The third-order valence-corrected chi connectivity index (χ3v) is 4.48. The molecule has 2 aromatic rings. The maximum Gasteiger partial charge on any atom is 0.363 e. The van der Waals surface area contributed by atoms with E-state index in [2.05, 4.69) is 36.5 Å². The van der Waals surface area contributed by atoms with E-state index < -0.39 is 0 Å². The number of hydrogen-bond donors (Lipinski definition) is 1. The van der Waals surface area contributed by atoms with E-state index in [-0.39, 0.29) is 8.46 Å². The van der Waals surface area contributed by atoms with Crippen LogP contribution in [0.15, 0.2) is 48.5 Å². The lowest BCUT2D eigenvalue weighted by Crippen LogP contribution is -2.29. The maximum absolute atomic E-state index is 10.8. The third kappa shape index (κ3) is 5.88. The zero-order valence-corrected chi connectivity index (χ0v) is 14.6. The molecule has 2 atom stereocenters. The SMILES string of the molecule is CC(Cc1ccc([PH+]=O)cc1)NCCCc1ccc(Cl)cc1. The lowest BCUT2D eigenvalue weighted by atomic mass is 10.1. The van der Waals surface area contributed by atoms with Crippen LogP contribution in [-0.2, 0) is 17.4 Å². The first-order valence-corrected chi connectivity index (χ1v) is 8.91. The van der Waals surface area contributed by atoms with E-state index in [0.717, 1.165) is 36.1 Å². The molecule has 2 unspecified atom stereocenters. The van der Waals surface area contributed by atoms with Gasteiger partial charge in [0.15, 0.2) is 5.30 Å². The molecule has 0 aliphatic carbocycles. The molecule has 0 aliphatic heterocycles. The highest BCUT2D eigenvalue weighted by Crippen LogP contribution is 2.11. The summed E-state index contributed by atoms with van der Waals surface area (Å²) >= 11 is 5.88. The topological polar surface area (TPSA) is 29.1 Å². The smallest absolute Gasteiger partial charge is 0.314 e. The van der Waals surface area contributed by atoms with Crippen molar-refractivity contribution in [3.05, 3.63) is 64.7 Å². The van der Waals surface area contributed by atoms with Crippen LogP contribution in [0.4, 0.5) is 0 Å². The van der Waals surface area contributed by atoms with Gasteiger partial charge in [0, 0.05) is 11.1 Å². The van der Waals surface area contributed by atoms with Gasteiger partial charge in [0.1, 0.15) is 0 Å². The van der Waals surface area contributed by atoms with E-state index in [0.29, 0.717) is 6.04 Å². The predicted molar refractivity (Wildman–Crippen MR) is 96.0 cm³/mol. The molecule has 1 N–H and O–H groups in total. The number of aryl methyl sites for hydroxylation is 1. The van der Waals surface area contributed by atoms with E-state index in [4.69, 9.17) is 11.6 Å². The van der Waals surface area contributed by atoms with Crippen molar-refractivity contribution in [2.45, 2.75) is 32.2 Å². The number of nitrogens with one attached hydrogen (secondary N) is 1. The van der Waals surface area contributed by atoms with Crippen LogP contribution in [0.2, 0.25) is 5.02 Å². The summed E-state index contributed by atoms with van der Waals surface area (Å²) in [5, 5.41) is 5.23. The van der Waals surface area contributed by atoms with Crippen LogP contribution in [0.25, 0.3) is 0 Å². The number of benzene rings is 2. The van der Waals surface area contributed by atoms with Crippen LogP contribution < -0.4 is 10.6 Å². The zero-order chi connectivity index (χ0) is 15.8. The highest BCUT2D eigenvalue weighted by molar-refractivity contribution is 7.34. The fourth-order valence-electron chi connectivity index (χ4n) is 2.43. The molecule has 0 aliphatic rings. The monoisotopic (exact) mass is 334 g/mol. The van der Waals surface area contributed by atoms with Gasteiger partial charge in [0.05, 0.1) is 0 Å². The number of hydrogen-bond acceptors (Lipinski definition) is 2. The Balaban J connectivity index is 1.67. The van der Waals surface area contributed by atoms with E-state index in [9.17, 15) is 4.57 Å². The molecule has 0 saturated heterocycles. The molecular weight excluding hydrogens is 313 g/mol. The Bertz CT molecular complexity index is 583. The van der Waals surface area contributed by atoms with Crippen LogP contribution in [0.3, 0.4) is 0 Å². The fraction of sp³-hybridized carbons (Fsp3) is 0.333. The van der Waals surface area contributed by atoms with Gasteiger partial charge in [-0.2, -0.15) is 0 Å². The fourth-order valence-corrected chi connectivity index (χ4v) is 2.86. The molecule has 0 saturated carbocycles. The predicted octanol–water partition coefficient (Wildman–Crippen LogP) is 4.14. The van der Waals surface area contributed by atoms with Gasteiger partial charge in [-0.25, -0.2) is 0 Å². The minimum Gasteiger partial charge on any atom is -0.314 e. The first-order chi connectivity index (χ1) is 10.7. The molecular formula is C18H22ClNOP+. The molecule has 0 radical (unpaired) electrons. The van der Waals surface area contributed by atoms with Crippen molar-refractivity contribution >= 4 is 25.4 Å². The summed E-state index contributed by atoms with van der Waals surface area (Å²) in [6.07, 6.45) is 3.17. The van der Waals surface area contributed by atoms with Gasteiger partial charge in [-0.3, -0.25) is 0 Å². The molecule has 4 heteroatoms. The first-order valence-electron chi connectivity index (χ1n) is 7.62. The lowest BCUT2D eigenvalue weighted by molar-refractivity contribution is 0.534. The second-order valence-electron chi connectivity index (χ2n) is 5.59.